The van der Waals surface area contributed by atoms with Gasteiger partial charge in [-0.1, -0.05) is 102 Å². The number of aromatic amines is 2. The Kier molecular flexibility index (Phi) is 31.8. The summed E-state index contributed by atoms with van der Waals surface area (Å²) in [4.78, 5) is 225. The molecular weight excluding hydrogens is 1780 g/mol. The first-order valence-electron chi connectivity index (χ1n) is 45.3. The fourth-order valence-electron chi connectivity index (χ4n) is 21.8. The number of methoxy groups -OCH3 is 1. The Bertz CT molecular complexity index is 5610. The number of ether oxygens (including phenoxy) is 2. The van der Waals surface area contributed by atoms with Crippen LogP contribution in [0.5, 0.6) is 0 Å². The summed E-state index contributed by atoms with van der Waals surface area (Å²) in [5.41, 5.74) is 10.3. The molecule has 720 valence electrons. The Morgan fingerprint density at radius 2 is 1.39 bits per heavy atom. The molecule has 15 atom stereocenters. The number of hydrogen-bond donors (Lipinski definition) is 15. The standard InChI is InChI=1S/C93H116N14O25S2/c1-5-89(130)43-53-44-91(86(128)131-4,74-65(20-25-106(47-53)50-89)64-10-7-8-11-68(64)99-74)66-41-67-58(34-51(66)3)45-93(76(115)75(114)90(6-2)21-9-24-107-26-22-92(67,93)84(90)107)85(127)102-103-88(129)132-32-33-133-134-49-59(82(123)124)39-62(109)36-56(80(119)120)35-61(108)37-57(81(121)122)38-63(110)48-105-30-28-104(29-31-105)27-23-95-72(113)42-69(83(125)126)98-71(112)19-17-55(79(117)118)40-70(111)54-15-12-52(13-16-54)14-18-60-46-96-77-73(97-60)78(116)101-87(94)100-77/h7-13,15-16,21,34,41,46,53,55-57,59,69,75-76,84,99,114-115,130H,5-6,14,17-20,22-33,35-40,42-45,47-50H2,1-4H3,(H,95,113)(H,98,112)(H,102,127)(H,103,129)(H,117,118)(H,119,120)(H,121,122)(H,123,124)(H,125,126)(H3,94,96,100,101,116)/t53?,55-,56+,57-,59+,69+,75+,76-,84?,89+,90+,91+,92?,93?/m1/s1. The van der Waals surface area contributed by atoms with Crippen molar-refractivity contribution < 1.29 is 117 Å². The van der Waals surface area contributed by atoms with E-state index in [0.29, 0.717) is 121 Å². The number of piperidine rings is 1. The van der Waals surface area contributed by atoms with Gasteiger partial charge in [0.2, 0.25) is 23.7 Å². The van der Waals surface area contributed by atoms with Gasteiger partial charge in [0.1, 0.15) is 35.4 Å². The van der Waals surface area contributed by atoms with Crippen molar-refractivity contribution in [2.75, 3.05) is 109 Å². The van der Waals surface area contributed by atoms with E-state index in [9.17, 15) is 103 Å². The number of para-hydroxylation sites is 1. The average molecular weight is 1890 g/mol. The molecule has 3 aromatic heterocycles. The number of hydrazine groups is 1. The van der Waals surface area contributed by atoms with Gasteiger partial charge < -0.3 is 71.7 Å². The number of carboxylic acids is 5. The number of piperazine rings is 1. The molecule has 6 aromatic rings. The molecule has 4 amide bonds. The highest BCUT2D eigenvalue weighted by Gasteiger charge is 2.79. The lowest BCUT2D eigenvalue weighted by atomic mass is 9.44. The maximum atomic E-state index is 15.7. The van der Waals surface area contributed by atoms with Gasteiger partial charge in [-0.05, 0) is 123 Å². The Morgan fingerprint density at radius 1 is 0.709 bits per heavy atom. The molecule has 7 aliphatic rings. The summed E-state index contributed by atoms with van der Waals surface area (Å²) in [5, 5.41) is 93.9. The predicted octanol–water partition coefficient (Wildman–Crippen LogP) is 3.64. The van der Waals surface area contributed by atoms with E-state index in [1.807, 2.05) is 68.2 Å². The molecular formula is C93H116N14O25S2. The Morgan fingerprint density at radius 3 is 2.06 bits per heavy atom. The third-order valence-electron chi connectivity index (χ3n) is 28.4. The zero-order valence-electron chi connectivity index (χ0n) is 75.1. The quantitative estimate of drug-likeness (QED) is 0.00649. The molecule has 0 radical (unpaired) electrons. The van der Waals surface area contributed by atoms with Crippen LogP contribution in [-0.4, -0.2) is 302 Å². The molecule has 16 N–H and O–H groups in total. The van der Waals surface area contributed by atoms with Crippen LogP contribution >= 0.6 is 21.6 Å². The molecule has 2 aliphatic carbocycles. The van der Waals surface area contributed by atoms with Crippen molar-refractivity contribution in [2.24, 2.45) is 40.4 Å². The number of H-pyrrole nitrogens is 2. The lowest BCUT2D eigenvalue weighted by Crippen LogP contribution is -2.77. The highest BCUT2D eigenvalue weighted by atomic mass is 33.1. The molecule has 5 unspecified atom stereocenters. The van der Waals surface area contributed by atoms with Crippen molar-refractivity contribution in [3.63, 3.8) is 0 Å². The molecule has 13 rings (SSSR count). The zero-order chi connectivity index (χ0) is 96.5. The summed E-state index contributed by atoms with van der Waals surface area (Å²) in [6, 6.07) is 16.1. The molecule has 3 saturated heterocycles. The van der Waals surface area contributed by atoms with Crippen molar-refractivity contribution in [3.8, 4) is 0 Å². The number of Topliss-reactive ketones (excluding diaryl/α,β-unsaturated/α-hetero) is 4. The Hall–Kier alpha value is -11.4. The first-order chi connectivity index (χ1) is 63.9. The number of benzene rings is 3. The van der Waals surface area contributed by atoms with E-state index in [4.69, 9.17) is 15.2 Å². The number of carbonyl (C=O) groups is 14. The molecule has 5 aliphatic heterocycles. The maximum Gasteiger partial charge on any atom is 0.426 e. The Balaban J connectivity index is 0.529. The normalized spacial score (nSPS) is 24.7. The molecule has 4 fully saturated rings. The summed E-state index contributed by atoms with van der Waals surface area (Å²) >= 11 is 0. The van der Waals surface area contributed by atoms with E-state index in [0.717, 1.165) is 60.3 Å². The van der Waals surface area contributed by atoms with Crippen LogP contribution in [0.3, 0.4) is 0 Å². The number of nitrogens with two attached hydrogens (primary N) is 1. The molecule has 1 spiro atoms. The van der Waals surface area contributed by atoms with Crippen molar-refractivity contribution in [1.82, 2.24) is 66.0 Å². The van der Waals surface area contributed by atoms with Crippen LogP contribution in [0.1, 0.15) is 159 Å². The van der Waals surface area contributed by atoms with Gasteiger partial charge in [-0.3, -0.25) is 92.3 Å². The maximum absolute atomic E-state index is 15.7. The minimum atomic E-state index is -1.83. The van der Waals surface area contributed by atoms with Crippen LogP contribution in [0.2, 0.25) is 0 Å². The number of fused-ring (bicyclic) bond motifs is 7. The Labute approximate surface area is 778 Å². The van der Waals surface area contributed by atoms with Gasteiger partial charge in [-0.2, -0.15) is 4.98 Å². The molecule has 3 aromatic carbocycles. The molecule has 8 heterocycles. The number of nitrogens with one attached hydrogen (secondary N) is 6. The lowest BCUT2D eigenvalue weighted by Gasteiger charge is -2.63. The molecule has 2 bridgehead atoms. The molecule has 39 nitrogen and oxygen atoms in total. The van der Waals surface area contributed by atoms with E-state index in [1.165, 1.54) is 25.4 Å². The van der Waals surface area contributed by atoms with E-state index in [-0.39, 0.29) is 85.6 Å². The highest BCUT2D eigenvalue weighted by Crippen LogP contribution is 2.70. The number of anilines is 1. The van der Waals surface area contributed by atoms with E-state index in [1.54, 1.807) is 17.0 Å². The number of nitrogens with zero attached hydrogens (tertiary/aromatic N) is 7. The monoisotopic (exact) mass is 1890 g/mol. The number of nitrogen functional groups attached to an aromatic ring is 1. The second kappa shape index (κ2) is 42.6. The van der Waals surface area contributed by atoms with Gasteiger partial charge in [0, 0.05) is 161 Å². The fraction of sp³-hybridized carbons (Fsp3) is 0.548. The zero-order valence-corrected chi connectivity index (χ0v) is 76.7. The number of hydrogen-bond acceptors (Lipinski definition) is 30. The smallest absolute Gasteiger partial charge is 0.426 e. The third-order valence-corrected chi connectivity index (χ3v) is 30.8. The van der Waals surface area contributed by atoms with E-state index in [2.05, 4.69) is 62.3 Å². The van der Waals surface area contributed by atoms with Crippen molar-refractivity contribution in [2.45, 2.75) is 177 Å². The van der Waals surface area contributed by atoms with Crippen molar-refractivity contribution >= 4 is 132 Å². The summed E-state index contributed by atoms with van der Waals surface area (Å²) in [7, 11) is 3.48. The average Bonchev–Trinajstić information content (AvgIpc) is 1.47. The number of aliphatic carboxylic acids is 5. The van der Waals surface area contributed by atoms with Gasteiger partial charge in [0.15, 0.2) is 16.9 Å². The number of carbonyl (C=O) groups excluding carboxylic acids is 9. The van der Waals surface area contributed by atoms with Crippen molar-refractivity contribution in [1.29, 1.82) is 0 Å². The molecule has 134 heavy (non-hydrogen) atoms. The minimum Gasteiger partial charge on any atom is -0.481 e. The van der Waals surface area contributed by atoms with Crippen LogP contribution in [0.4, 0.5) is 10.7 Å². The first-order valence-corrected chi connectivity index (χ1v) is 47.7. The third kappa shape index (κ3) is 21.4. The number of esters is 1. The summed E-state index contributed by atoms with van der Waals surface area (Å²) in [5.74, 6) is -19.2. The van der Waals surface area contributed by atoms with Crippen molar-refractivity contribution in [3.05, 3.63) is 140 Å². The minimum absolute atomic E-state index is 0.0298. The fourth-order valence-corrected chi connectivity index (χ4v) is 23.9. The van der Waals surface area contributed by atoms with Crippen LogP contribution in [0.15, 0.2) is 83.8 Å². The number of rotatable bonds is 43. The summed E-state index contributed by atoms with van der Waals surface area (Å²) in [6.45, 7) is 9.83. The number of aliphatic hydroxyl groups excluding tert-OH is 2. The van der Waals surface area contributed by atoms with Gasteiger partial charge in [0.25, 0.3) is 5.56 Å². The second-order valence-electron chi connectivity index (χ2n) is 36.7. The lowest BCUT2D eigenvalue weighted by molar-refractivity contribution is -0.204. The van der Waals surface area contributed by atoms with Gasteiger partial charge in [-0.25, -0.2) is 25.0 Å². The number of carboxylic acid groups (broad SMARTS) is 5. The number of aliphatic hydroxyl groups is 3. The topological polar surface area (TPSA) is 594 Å². The molecule has 41 heteroatoms. The summed E-state index contributed by atoms with van der Waals surface area (Å²) in [6.07, 6.45) is -1.05. The summed E-state index contributed by atoms with van der Waals surface area (Å²) < 4.78 is 11.5. The van der Waals surface area contributed by atoms with E-state index < -0.39 is 215 Å². The number of aromatic nitrogens is 5. The van der Waals surface area contributed by atoms with Crippen LogP contribution in [0.25, 0.3) is 22.1 Å². The highest BCUT2D eigenvalue weighted by molar-refractivity contribution is 8.76. The molecule has 1 saturated carbocycles. The van der Waals surface area contributed by atoms with Crippen LogP contribution in [0, 0.1) is 47.3 Å². The van der Waals surface area contributed by atoms with E-state index >= 15 is 9.59 Å². The largest absolute Gasteiger partial charge is 0.481 e. The number of ketones is 4. The SMILES string of the molecule is CC[C@]1(O)CC2CN(CCc3c([nH]c4ccccc34)[C@@](C(=O)OC)(c3cc4c(cc3C)CC3(C(=O)NNC(=O)OCCSSC[C@H](CC(=O)C[C@H](CC(=O)C[C@H](CC(=O)CN5CCN(CCNC(=O)C[C@H](NC(=O)CC[C@H](CC(=O)c6ccc(CCc7cnc8nc(N)[nH]c(=O)c8n7)cc6)C(=O)O)C(=O)O)CC5)C(=O)O)C(=O)O)C(=O)O)[C@H](O)[C@H](O)[C@]5(CC)C=CCN6CCC43C65)C2)C1. The second-order valence-corrected chi connectivity index (χ2v) is 39.3. The van der Waals surface area contributed by atoms with Crippen LogP contribution in [-0.2, 0) is 104 Å². The van der Waals surface area contributed by atoms with Gasteiger partial charge in [-0.15, -0.1) is 0 Å². The predicted molar refractivity (Wildman–Crippen MR) is 487 cm³/mol. The van der Waals surface area contributed by atoms with Gasteiger partial charge >= 0.3 is 41.9 Å². The van der Waals surface area contributed by atoms with Crippen LogP contribution < -0.4 is 32.8 Å². The number of amides is 4. The number of aryl methyl sites for hydroxylation is 3. The first kappa shape index (κ1) is 100. The van der Waals surface area contributed by atoms with Gasteiger partial charge in [0.05, 0.1) is 78.9 Å².